The first-order valence-corrected chi connectivity index (χ1v) is 9.94. The highest BCUT2D eigenvalue weighted by Crippen LogP contribution is 2.32. The van der Waals surface area contributed by atoms with Gasteiger partial charge in [0, 0.05) is 17.6 Å². The minimum atomic E-state index is -0.361. The molecular formula is C23H28N2O2. The average Bonchev–Trinajstić information content (AvgIpc) is 2.99. The molecule has 4 rings (SSSR count). The Labute approximate surface area is 161 Å². The zero-order chi connectivity index (χ0) is 18.8. The van der Waals surface area contributed by atoms with Crippen LogP contribution in [0.3, 0.4) is 0 Å². The molecule has 2 unspecified atom stereocenters. The molecule has 27 heavy (non-hydrogen) atoms. The lowest BCUT2D eigenvalue weighted by Gasteiger charge is -2.28. The third kappa shape index (κ3) is 4.33. The number of amides is 1. The van der Waals surface area contributed by atoms with Crippen molar-refractivity contribution in [2.45, 2.75) is 51.6 Å². The Morgan fingerprint density at radius 3 is 2.41 bits per heavy atom. The van der Waals surface area contributed by atoms with E-state index in [9.17, 15) is 4.79 Å². The van der Waals surface area contributed by atoms with E-state index >= 15 is 0 Å². The van der Waals surface area contributed by atoms with Crippen molar-refractivity contribution in [3.05, 3.63) is 53.6 Å². The van der Waals surface area contributed by atoms with Gasteiger partial charge in [-0.25, -0.2) is 4.79 Å². The van der Waals surface area contributed by atoms with Crippen LogP contribution in [0.15, 0.2) is 42.5 Å². The Morgan fingerprint density at radius 1 is 1.04 bits per heavy atom. The van der Waals surface area contributed by atoms with Crippen LogP contribution in [0.25, 0.3) is 11.1 Å². The summed E-state index contributed by atoms with van der Waals surface area (Å²) in [6.07, 6.45) is 4.39. The monoisotopic (exact) mass is 364 g/mol. The van der Waals surface area contributed by atoms with E-state index in [0.717, 1.165) is 35.2 Å². The van der Waals surface area contributed by atoms with Gasteiger partial charge >= 0.3 is 6.09 Å². The molecule has 2 aromatic carbocycles. The van der Waals surface area contributed by atoms with E-state index in [-0.39, 0.29) is 6.09 Å². The van der Waals surface area contributed by atoms with Crippen LogP contribution in [-0.4, -0.2) is 24.8 Å². The summed E-state index contributed by atoms with van der Waals surface area (Å²) >= 11 is 0. The number of carbonyl (C=O) groups excluding carboxylic acids is 1. The maximum Gasteiger partial charge on any atom is 0.411 e. The van der Waals surface area contributed by atoms with Gasteiger partial charge in [-0.1, -0.05) is 42.0 Å². The lowest BCUT2D eigenvalue weighted by atomic mass is 9.93. The van der Waals surface area contributed by atoms with Crippen molar-refractivity contribution < 1.29 is 9.53 Å². The van der Waals surface area contributed by atoms with Crippen molar-refractivity contribution >= 4 is 11.8 Å². The largest absolute Gasteiger partial charge is 0.449 e. The number of anilines is 1. The van der Waals surface area contributed by atoms with Crippen molar-refractivity contribution in [3.8, 4) is 11.1 Å². The van der Waals surface area contributed by atoms with Crippen LogP contribution >= 0.6 is 0 Å². The van der Waals surface area contributed by atoms with Crippen molar-refractivity contribution in [2.75, 3.05) is 11.9 Å². The minimum absolute atomic E-state index is 0.361. The molecule has 2 aliphatic rings. The van der Waals surface area contributed by atoms with Gasteiger partial charge in [-0.05, 0) is 62.6 Å². The Hall–Kier alpha value is -2.33. The number of hydrogen-bond donors (Lipinski definition) is 2. The zero-order valence-electron chi connectivity index (χ0n) is 16.1. The van der Waals surface area contributed by atoms with Crippen LogP contribution in [0, 0.1) is 19.8 Å². The molecule has 2 fully saturated rings. The Kier molecular flexibility index (Phi) is 5.17. The summed E-state index contributed by atoms with van der Waals surface area (Å²) in [7, 11) is 0. The quantitative estimate of drug-likeness (QED) is 0.798. The number of aryl methyl sites for hydroxylation is 2. The van der Waals surface area contributed by atoms with Crippen LogP contribution in [0.4, 0.5) is 10.5 Å². The first kappa shape index (κ1) is 18.1. The summed E-state index contributed by atoms with van der Waals surface area (Å²) in [5.41, 5.74) is 5.23. The molecule has 2 saturated heterocycles. The third-order valence-corrected chi connectivity index (χ3v) is 5.80. The first-order valence-electron chi connectivity index (χ1n) is 9.94. The van der Waals surface area contributed by atoms with Crippen LogP contribution in [-0.2, 0) is 4.74 Å². The van der Waals surface area contributed by atoms with Gasteiger partial charge in [0.2, 0.25) is 0 Å². The molecule has 2 heterocycles. The molecule has 2 aliphatic heterocycles. The maximum atomic E-state index is 12.4. The molecule has 2 atom stereocenters. The van der Waals surface area contributed by atoms with Crippen LogP contribution in [0.5, 0.6) is 0 Å². The number of nitrogens with one attached hydrogen (secondary N) is 2. The van der Waals surface area contributed by atoms with Crippen molar-refractivity contribution in [3.63, 3.8) is 0 Å². The molecular weight excluding hydrogens is 336 g/mol. The van der Waals surface area contributed by atoms with Gasteiger partial charge in [-0.2, -0.15) is 0 Å². The number of fused-ring (bicyclic) bond motifs is 2. The maximum absolute atomic E-state index is 12.4. The second-order valence-electron chi connectivity index (χ2n) is 8.11. The molecule has 4 nitrogen and oxygen atoms in total. The van der Waals surface area contributed by atoms with E-state index in [1.54, 1.807) is 0 Å². The molecule has 2 bridgehead atoms. The standard InChI is InChI=1S/C23H28N2O2/c1-15-3-6-18(7-4-15)21-10-5-16(2)11-22(21)25-23(26)27-14-17-12-19-8-9-20(13-17)24-19/h3-7,10-11,17,19-20,24H,8-9,12-14H2,1-2H3,(H,25,26). The van der Waals surface area contributed by atoms with Crippen LogP contribution < -0.4 is 10.6 Å². The molecule has 2 aromatic rings. The number of rotatable bonds is 4. The van der Waals surface area contributed by atoms with Gasteiger partial charge in [0.25, 0.3) is 0 Å². The minimum Gasteiger partial charge on any atom is -0.449 e. The number of ether oxygens (including phenoxy) is 1. The highest BCUT2D eigenvalue weighted by atomic mass is 16.5. The first-order chi connectivity index (χ1) is 13.1. The van der Waals surface area contributed by atoms with E-state index in [1.807, 2.05) is 13.0 Å². The summed E-state index contributed by atoms with van der Waals surface area (Å²) in [6.45, 7) is 4.61. The summed E-state index contributed by atoms with van der Waals surface area (Å²) in [5, 5.41) is 6.59. The van der Waals surface area contributed by atoms with E-state index in [1.165, 1.54) is 18.4 Å². The molecule has 4 heteroatoms. The smallest absolute Gasteiger partial charge is 0.411 e. The molecule has 0 spiro atoms. The SMILES string of the molecule is Cc1ccc(-c2ccc(C)cc2NC(=O)OCC2CC3CCC(C2)N3)cc1. The number of benzene rings is 2. The summed E-state index contributed by atoms with van der Waals surface area (Å²) in [6, 6.07) is 15.7. The molecule has 0 aliphatic carbocycles. The number of carbonyl (C=O) groups is 1. The van der Waals surface area contributed by atoms with Gasteiger partial charge in [-0.15, -0.1) is 0 Å². The molecule has 0 radical (unpaired) electrons. The molecule has 142 valence electrons. The van der Waals surface area contributed by atoms with E-state index in [2.05, 4.69) is 54.0 Å². The summed E-state index contributed by atoms with van der Waals surface area (Å²) in [5.74, 6) is 0.476. The Balaban J connectivity index is 1.41. The van der Waals surface area contributed by atoms with Gasteiger partial charge in [0.15, 0.2) is 0 Å². The lowest BCUT2D eigenvalue weighted by Crippen LogP contribution is -2.39. The normalized spacial score (nSPS) is 23.9. The zero-order valence-corrected chi connectivity index (χ0v) is 16.1. The highest BCUT2D eigenvalue weighted by Gasteiger charge is 2.33. The van der Waals surface area contributed by atoms with E-state index in [0.29, 0.717) is 24.6 Å². The average molecular weight is 364 g/mol. The van der Waals surface area contributed by atoms with Gasteiger partial charge < -0.3 is 10.1 Å². The molecule has 0 aromatic heterocycles. The Morgan fingerprint density at radius 2 is 1.70 bits per heavy atom. The second kappa shape index (κ2) is 7.73. The Bertz CT molecular complexity index is 804. The van der Waals surface area contributed by atoms with Crippen molar-refractivity contribution in [1.29, 1.82) is 0 Å². The van der Waals surface area contributed by atoms with E-state index < -0.39 is 0 Å². The van der Waals surface area contributed by atoms with Gasteiger partial charge in [-0.3, -0.25) is 5.32 Å². The van der Waals surface area contributed by atoms with Gasteiger partial charge in [0.1, 0.15) is 0 Å². The fourth-order valence-corrected chi connectivity index (χ4v) is 4.40. The molecule has 0 saturated carbocycles. The molecule has 2 N–H and O–H groups in total. The second-order valence-corrected chi connectivity index (χ2v) is 8.11. The highest BCUT2D eigenvalue weighted by molar-refractivity contribution is 5.91. The van der Waals surface area contributed by atoms with Gasteiger partial charge in [0.05, 0.1) is 12.3 Å². The topological polar surface area (TPSA) is 50.4 Å². The van der Waals surface area contributed by atoms with Crippen LogP contribution in [0.1, 0.15) is 36.8 Å². The summed E-state index contributed by atoms with van der Waals surface area (Å²) < 4.78 is 5.58. The predicted octanol–water partition coefficient (Wildman–Crippen LogP) is 5.05. The number of piperidine rings is 1. The predicted molar refractivity (Wildman–Crippen MR) is 109 cm³/mol. The van der Waals surface area contributed by atoms with Crippen molar-refractivity contribution in [2.24, 2.45) is 5.92 Å². The molecule has 1 amide bonds. The van der Waals surface area contributed by atoms with Crippen LogP contribution in [0.2, 0.25) is 0 Å². The fourth-order valence-electron chi connectivity index (χ4n) is 4.40. The van der Waals surface area contributed by atoms with Crippen molar-refractivity contribution in [1.82, 2.24) is 5.32 Å². The summed E-state index contributed by atoms with van der Waals surface area (Å²) in [4.78, 5) is 12.4. The third-order valence-electron chi connectivity index (χ3n) is 5.80. The lowest BCUT2D eigenvalue weighted by molar-refractivity contribution is 0.122. The fraction of sp³-hybridized carbons (Fsp3) is 0.435. The number of hydrogen-bond acceptors (Lipinski definition) is 3. The van der Waals surface area contributed by atoms with E-state index in [4.69, 9.17) is 4.74 Å².